The SMILES string of the molecule is O=C(O)Cn1c2c(c3ccccc31)C[C@H](NC(=O)Cc1ccccc1)CC2. The number of amides is 1. The van der Waals surface area contributed by atoms with Crippen LogP contribution in [0.2, 0.25) is 0 Å². The molecule has 5 nitrogen and oxygen atoms in total. The summed E-state index contributed by atoms with van der Waals surface area (Å²) in [7, 11) is 0. The van der Waals surface area contributed by atoms with Crippen molar-refractivity contribution < 1.29 is 14.7 Å². The first kappa shape index (κ1) is 17.3. The van der Waals surface area contributed by atoms with E-state index in [9.17, 15) is 14.7 Å². The summed E-state index contributed by atoms with van der Waals surface area (Å²) in [6.45, 7) is -0.0269. The molecule has 1 aliphatic carbocycles. The number of carbonyl (C=O) groups is 2. The van der Waals surface area contributed by atoms with Crippen LogP contribution in [0.5, 0.6) is 0 Å². The van der Waals surface area contributed by atoms with Gasteiger partial charge < -0.3 is 15.0 Å². The molecule has 1 atom stereocenters. The molecule has 0 spiro atoms. The highest BCUT2D eigenvalue weighted by atomic mass is 16.4. The van der Waals surface area contributed by atoms with Gasteiger partial charge >= 0.3 is 5.97 Å². The summed E-state index contributed by atoms with van der Waals surface area (Å²) in [5.41, 5.74) is 4.22. The number of carboxylic acids is 1. The Balaban J connectivity index is 1.54. The van der Waals surface area contributed by atoms with Crippen molar-refractivity contribution in [2.75, 3.05) is 0 Å². The van der Waals surface area contributed by atoms with Crippen LogP contribution in [0.25, 0.3) is 10.9 Å². The molecular weight excluding hydrogens is 340 g/mol. The largest absolute Gasteiger partial charge is 0.480 e. The molecule has 1 aliphatic rings. The molecule has 0 unspecified atom stereocenters. The zero-order chi connectivity index (χ0) is 18.8. The number of carboxylic acid groups (broad SMARTS) is 1. The Hall–Kier alpha value is -3.08. The Kier molecular flexibility index (Phi) is 4.67. The molecular formula is C22H22N2O3. The van der Waals surface area contributed by atoms with Crippen LogP contribution in [-0.4, -0.2) is 27.6 Å². The number of fused-ring (bicyclic) bond motifs is 3. The van der Waals surface area contributed by atoms with Crippen LogP contribution in [0.15, 0.2) is 54.6 Å². The summed E-state index contributed by atoms with van der Waals surface area (Å²) in [6.07, 6.45) is 2.71. The van der Waals surface area contributed by atoms with Gasteiger partial charge in [-0.05, 0) is 36.5 Å². The zero-order valence-electron chi connectivity index (χ0n) is 15.0. The summed E-state index contributed by atoms with van der Waals surface area (Å²) in [5, 5.41) is 13.5. The van der Waals surface area contributed by atoms with Gasteiger partial charge in [0, 0.05) is 22.6 Å². The normalized spacial score (nSPS) is 16.1. The van der Waals surface area contributed by atoms with Gasteiger partial charge in [0.25, 0.3) is 0 Å². The van der Waals surface area contributed by atoms with Crippen LogP contribution in [-0.2, 0) is 35.4 Å². The van der Waals surface area contributed by atoms with Gasteiger partial charge in [0.1, 0.15) is 6.54 Å². The van der Waals surface area contributed by atoms with Gasteiger partial charge in [0.05, 0.1) is 6.42 Å². The van der Waals surface area contributed by atoms with E-state index in [-0.39, 0.29) is 18.5 Å². The second-order valence-corrected chi connectivity index (χ2v) is 7.09. The van der Waals surface area contributed by atoms with E-state index in [4.69, 9.17) is 0 Å². The summed E-state index contributed by atoms with van der Waals surface area (Å²) in [5.74, 6) is -0.805. The number of nitrogens with zero attached hydrogens (tertiary/aromatic N) is 1. The molecule has 5 heteroatoms. The summed E-state index contributed by atoms with van der Waals surface area (Å²) < 4.78 is 1.91. The lowest BCUT2D eigenvalue weighted by molar-refractivity contribution is -0.137. The maximum atomic E-state index is 12.4. The minimum Gasteiger partial charge on any atom is -0.480 e. The van der Waals surface area contributed by atoms with Crippen molar-refractivity contribution in [1.82, 2.24) is 9.88 Å². The van der Waals surface area contributed by atoms with Crippen molar-refractivity contribution in [3.8, 4) is 0 Å². The Bertz CT molecular complexity index is 991. The van der Waals surface area contributed by atoms with Crippen molar-refractivity contribution in [3.05, 3.63) is 71.4 Å². The minimum absolute atomic E-state index is 0.0269. The lowest BCUT2D eigenvalue weighted by Gasteiger charge is -2.25. The fraction of sp³-hybridized carbons (Fsp3) is 0.273. The molecule has 3 aromatic rings. The molecule has 2 N–H and O–H groups in total. The highest BCUT2D eigenvalue weighted by Gasteiger charge is 2.26. The van der Waals surface area contributed by atoms with Crippen LogP contribution in [0.3, 0.4) is 0 Å². The Morgan fingerprint density at radius 1 is 1.07 bits per heavy atom. The minimum atomic E-state index is -0.836. The van der Waals surface area contributed by atoms with Crippen molar-refractivity contribution in [3.63, 3.8) is 0 Å². The number of aliphatic carboxylic acids is 1. The number of rotatable bonds is 5. The molecule has 1 heterocycles. The molecule has 4 rings (SSSR count). The fourth-order valence-corrected chi connectivity index (χ4v) is 4.10. The Morgan fingerprint density at radius 3 is 2.59 bits per heavy atom. The summed E-state index contributed by atoms with van der Waals surface area (Å²) in [4.78, 5) is 23.7. The van der Waals surface area contributed by atoms with E-state index in [1.165, 1.54) is 5.56 Å². The lowest BCUT2D eigenvalue weighted by atomic mass is 9.91. The molecule has 27 heavy (non-hydrogen) atoms. The maximum Gasteiger partial charge on any atom is 0.323 e. The van der Waals surface area contributed by atoms with Crippen LogP contribution in [0.1, 0.15) is 23.2 Å². The third kappa shape index (κ3) is 3.58. The van der Waals surface area contributed by atoms with E-state index in [1.54, 1.807) is 0 Å². The van der Waals surface area contributed by atoms with E-state index in [2.05, 4.69) is 5.32 Å². The van der Waals surface area contributed by atoms with Gasteiger partial charge in [-0.2, -0.15) is 0 Å². The number of hydrogen-bond acceptors (Lipinski definition) is 2. The van der Waals surface area contributed by atoms with E-state index >= 15 is 0 Å². The van der Waals surface area contributed by atoms with Crippen molar-refractivity contribution >= 4 is 22.8 Å². The van der Waals surface area contributed by atoms with Crippen molar-refractivity contribution in [2.24, 2.45) is 0 Å². The van der Waals surface area contributed by atoms with Crippen LogP contribution in [0, 0.1) is 0 Å². The van der Waals surface area contributed by atoms with Crippen LogP contribution >= 0.6 is 0 Å². The average Bonchev–Trinajstić information content (AvgIpc) is 2.96. The Labute approximate surface area is 157 Å². The van der Waals surface area contributed by atoms with Gasteiger partial charge in [0.2, 0.25) is 5.91 Å². The topological polar surface area (TPSA) is 71.3 Å². The molecule has 1 aromatic heterocycles. The molecule has 0 bridgehead atoms. The van der Waals surface area contributed by atoms with E-state index in [0.29, 0.717) is 6.42 Å². The smallest absolute Gasteiger partial charge is 0.323 e. The second-order valence-electron chi connectivity index (χ2n) is 7.09. The average molecular weight is 362 g/mol. The van der Waals surface area contributed by atoms with Gasteiger partial charge in [-0.15, -0.1) is 0 Å². The summed E-state index contributed by atoms with van der Waals surface area (Å²) >= 11 is 0. The number of nitrogens with one attached hydrogen (secondary N) is 1. The predicted octanol–water partition coefficient (Wildman–Crippen LogP) is 2.94. The molecule has 0 aliphatic heterocycles. The second kappa shape index (κ2) is 7.27. The number of para-hydroxylation sites is 1. The number of carbonyl (C=O) groups excluding carboxylic acids is 1. The molecule has 0 radical (unpaired) electrons. The first-order chi connectivity index (χ1) is 13.1. The lowest BCUT2D eigenvalue weighted by Crippen LogP contribution is -2.39. The number of benzene rings is 2. The standard InChI is InChI=1S/C22H22N2O3/c25-21(12-15-6-2-1-3-7-15)23-16-10-11-20-18(13-16)17-8-4-5-9-19(17)24(20)14-22(26)27/h1-9,16H,10-14H2,(H,23,25)(H,26,27)/t16-/m1/s1. The van der Waals surface area contributed by atoms with E-state index in [0.717, 1.165) is 41.4 Å². The number of hydrogen-bond donors (Lipinski definition) is 2. The molecule has 0 fully saturated rings. The predicted molar refractivity (Wildman–Crippen MR) is 104 cm³/mol. The zero-order valence-corrected chi connectivity index (χ0v) is 15.0. The molecule has 0 saturated carbocycles. The maximum absolute atomic E-state index is 12.4. The third-order valence-electron chi connectivity index (χ3n) is 5.24. The highest BCUT2D eigenvalue weighted by Crippen LogP contribution is 2.32. The number of aromatic nitrogens is 1. The van der Waals surface area contributed by atoms with Crippen LogP contribution < -0.4 is 5.32 Å². The highest BCUT2D eigenvalue weighted by molar-refractivity contribution is 5.87. The van der Waals surface area contributed by atoms with Gasteiger partial charge in [-0.1, -0.05) is 48.5 Å². The Morgan fingerprint density at radius 2 is 1.81 bits per heavy atom. The van der Waals surface area contributed by atoms with Crippen LogP contribution in [0.4, 0.5) is 0 Å². The van der Waals surface area contributed by atoms with Gasteiger partial charge in [0.15, 0.2) is 0 Å². The monoisotopic (exact) mass is 362 g/mol. The van der Waals surface area contributed by atoms with E-state index < -0.39 is 5.97 Å². The van der Waals surface area contributed by atoms with Crippen molar-refractivity contribution in [2.45, 2.75) is 38.3 Å². The first-order valence-corrected chi connectivity index (χ1v) is 9.26. The van der Waals surface area contributed by atoms with Gasteiger partial charge in [-0.25, -0.2) is 0 Å². The van der Waals surface area contributed by atoms with Gasteiger partial charge in [-0.3, -0.25) is 9.59 Å². The van der Waals surface area contributed by atoms with Crippen molar-refractivity contribution in [1.29, 1.82) is 0 Å². The molecule has 138 valence electrons. The summed E-state index contributed by atoms with van der Waals surface area (Å²) in [6, 6.07) is 17.7. The fourth-order valence-electron chi connectivity index (χ4n) is 4.10. The third-order valence-corrected chi connectivity index (χ3v) is 5.24. The quantitative estimate of drug-likeness (QED) is 0.733. The first-order valence-electron chi connectivity index (χ1n) is 9.26. The van der Waals surface area contributed by atoms with E-state index in [1.807, 2.05) is 59.2 Å². The molecule has 1 amide bonds. The molecule has 0 saturated heterocycles. The molecule has 2 aromatic carbocycles.